The van der Waals surface area contributed by atoms with Crippen molar-refractivity contribution in [3.05, 3.63) is 59.0 Å². The summed E-state index contributed by atoms with van der Waals surface area (Å²) in [6.07, 6.45) is 6.29. The van der Waals surface area contributed by atoms with E-state index in [1.54, 1.807) is 0 Å². The monoisotopic (exact) mass is 393 g/mol. The fourth-order valence-corrected chi connectivity index (χ4v) is 4.80. The average molecular weight is 394 g/mol. The fourth-order valence-electron chi connectivity index (χ4n) is 4.64. The number of hydrogen-bond acceptors (Lipinski definition) is 5. The van der Waals surface area contributed by atoms with Crippen molar-refractivity contribution in [2.75, 3.05) is 24.5 Å². The van der Waals surface area contributed by atoms with Crippen molar-refractivity contribution in [3.63, 3.8) is 0 Å². The van der Waals surface area contributed by atoms with Crippen LogP contribution in [0, 0.1) is 12.8 Å². The second-order valence-corrected chi connectivity index (χ2v) is 8.39. The number of piperidine rings is 1. The normalized spacial score (nSPS) is 22.6. The van der Waals surface area contributed by atoms with Crippen molar-refractivity contribution < 1.29 is 0 Å². The van der Waals surface area contributed by atoms with Crippen LogP contribution in [0.15, 0.2) is 42.7 Å². The molecule has 2 aliphatic rings. The summed E-state index contributed by atoms with van der Waals surface area (Å²) in [5.41, 5.74) is 4.22. The first-order valence-corrected chi connectivity index (χ1v) is 10.4. The Labute approximate surface area is 170 Å². The van der Waals surface area contributed by atoms with E-state index in [1.807, 2.05) is 36.7 Å². The molecule has 0 radical (unpaired) electrons. The zero-order chi connectivity index (χ0) is 19.1. The molecule has 0 saturated carbocycles. The van der Waals surface area contributed by atoms with Gasteiger partial charge in [-0.25, -0.2) is 4.98 Å². The molecular weight excluding hydrogens is 370 g/mol. The molecule has 2 aliphatic heterocycles. The highest BCUT2D eigenvalue weighted by molar-refractivity contribution is 6.31. The van der Waals surface area contributed by atoms with Crippen LogP contribution in [0.25, 0.3) is 11.0 Å². The van der Waals surface area contributed by atoms with Crippen molar-refractivity contribution in [1.29, 1.82) is 0 Å². The number of pyridine rings is 1. The Kier molecular flexibility index (Phi) is 4.65. The summed E-state index contributed by atoms with van der Waals surface area (Å²) in [6.45, 7) is 6.29. The average Bonchev–Trinajstić information content (AvgIpc) is 3.11. The number of hydrogen-bond donors (Lipinski definition) is 0. The van der Waals surface area contributed by atoms with Crippen LogP contribution in [0.2, 0.25) is 5.02 Å². The van der Waals surface area contributed by atoms with Gasteiger partial charge in [0.1, 0.15) is 5.82 Å². The van der Waals surface area contributed by atoms with Gasteiger partial charge in [-0.1, -0.05) is 17.7 Å². The Morgan fingerprint density at radius 1 is 1.11 bits per heavy atom. The third kappa shape index (κ3) is 3.33. The predicted molar refractivity (Wildman–Crippen MR) is 113 cm³/mol. The largest absolute Gasteiger partial charge is 0.354 e. The number of halogens is 1. The van der Waals surface area contributed by atoms with Crippen LogP contribution in [0.5, 0.6) is 0 Å². The SMILES string of the molecule is Cc1cccnc1CN1CCC2CCN(c3cnc4cc(Cl)ccc4n3)CC21. The maximum atomic E-state index is 6.07. The van der Waals surface area contributed by atoms with Gasteiger partial charge >= 0.3 is 0 Å². The van der Waals surface area contributed by atoms with Crippen LogP contribution in [-0.2, 0) is 6.54 Å². The molecule has 0 N–H and O–H groups in total. The molecule has 2 saturated heterocycles. The molecule has 1 aromatic carbocycles. The lowest BCUT2D eigenvalue weighted by molar-refractivity contribution is 0.198. The zero-order valence-corrected chi connectivity index (χ0v) is 16.8. The lowest BCUT2D eigenvalue weighted by Gasteiger charge is -2.39. The van der Waals surface area contributed by atoms with Gasteiger partial charge < -0.3 is 4.90 Å². The second-order valence-electron chi connectivity index (χ2n) is 7.95. The summed E-state index contributed by atoms with van der Waals surface area (Å²) in [5.74, 6) is 1.74. The molecule has 0 amide bonds. The van der Waals surface area contributed by atoms with Crippen molar-refractivity contribution >= 4 is 28.5 Å². The zero-order valence-electron chi connectivity index (χ0n) is 16.1. The van der Waals surface area contributed by atoms with Crippen LogP contribution in [0.1, 0.15) is 24.1 Å². The minimum Gasteiger partial charge on any atom is -0.354 e. The second kappa shape index (κ2) is 7.30. The summed E-state index contributed by atoms with van der Waals surface area (Å²) >= 11 is 6.07. The minimum absolute atomic E-state index is 0.554. The van der Waals surface area contributed by atoms with Crippen LogP contribution in [-0.4, -0.2) is 45.5 Å². The number of anilines is 1. The summed E-state index contributed by atoms with van der Waals surface area (Å²) in [4.78, 5) is 19.1. The number of aromatic nitrogens is 3. The first kappa shape index (κ1) is 17.8. The minimum atomic E-state index is 0.554. The molecule has 4 heterocycles. The van der Waals surface area contributed by atoms with Crippen LogP contribution < -0.4 is 4.90 Å². The van der Waals surface area contributed by atoms with Gasteiger partial charge in [0, 0.05) is 36.9 Å². The molecule has 3 aromatic rings. The Balaban J connectivity index is 1.36. The molecule has 2 atom stereocenters. The van der Waals surface area contributed by atoms with Gasteiger partial charge in [-0.3, -0.25) is 14.9 Å². The van der Waals surface area contributed by atoms with Crippen LogP contribution >= 0.6 is 11.6 Å². The number of rotatable bonds is 3. The number of benzene rings is 1. The molecule has 0 bridgehead atoms. The van der Waals surface area contributed by atoms with Gasteiger partial charge in [-0.2, -0.15) is 0 Å². The van der Waals surface area contributed by atoms with Crippen LogP contribution in [0.4, 0.5) is 5.82 Å². The quantitative estimate of drug-likeness (QED) is 0.670. The van der Waals surface area contributed by atoms with E-state index in [0.29, 0.717) is 11.1 Å². The Morgan fingerprint density at radius 3 is 2.89 bits per heavy atom. The molecule has 28 heavy (non-hydrogen) atoms. The number of nitrogens with zero attached hydrogens (tertiary/aromatic N) is 5. The van der Waals surface area contributed by atoms with Crippen molar-refractivity contribution in [2.45, 2.75) is 32.4 Å². The lowest BCUT2D eigenvalue weighted by Crippen LogP contribution is -2.48. The highest BCUT2D eigenvalue weighted by Gasteiger charge is 2.38. The first-order valence-electron chi connectivity index (χ1n) is 9.99. The topological polar surface area (TPSA) is 45.2 Å². The number of aryl methyl sites for hydroxylation is 1. The molecule has 2 aromatic heterocycles. The molecule has 5 nitrogen and oxygen atoms in total. The highest BCUT2D eigenvalue weighted by atomic mass is 35.5. The third-order valence-corrected chi connectivity index (χ3v) is 6.50. The Hall–Kier alpha value is -2.24. The molecule has 144 valence electrons. The van der Waals surface area contributed by atoms with Gasteiger partial charge in [-0.05, 0) is 62.1 Å². The van der Waals surface area contributed by atoms with E-state index < -0.39 is 0 Å². The van der Waals surface area contributed by atoms with E-state index in [1.165, 1.54) is 24.1 Å². The summed E-state index contributed by atoms with van der Waals surface area (Å²) in [6, 6.07) is 10.4. The maximum absolute atomic E-state index is 6.07. The smallest absolute Gasteiger partial charge is 0.147 e. The van der Waals surface area contributed by atoms with E-state index in [9.17, 15) is 0 Å². The Morgan fingerprint density at radius 2 is 2.00 bits per heavy atom. The summed E-state index contributed by atoms with van der Waals surface area (Å²) in [5, 5.41) is 0.696. The summed E-state index contributed by atoms with van der Waals surface area (Å²) in [7, 11) is 0. The van der Waals surface area contributed by atoms with E-state index in [2.05, 4.69) is 32.8 Å². The standard InChI is InChI=1S/C22H24ClN5/c1-15-3-2-8-24-20(15)13-27-9-6-16-7-10-28(14-21(16)27)22-12-25-19-11-17(23)4-5-18(19)26-22/h2-5,8,11-12,16,21H,6-7,9-10,13-14H2,1H3. The van der Waals surface area contributed by atoms with E-state index >= 15 is 0 Å². The van der Waals surface area contributed by atoms with Gasteiger partial charge in [-0.15, -0.1) is 0 Å². The molecular formula is C22H24ClN5. The number of fused-ring (bicyclic) bond motifs is 2. The molecule has 6 heteroatoms. The van der Waals surface area contributed by atoms with E-state index in [4.69, 9.17) is 16.6 Å². The molecule has 2 fully saturated rings. The lowest BCUT2D eigenvalue weighted by atomic mass is 9.92. The first-order chi connectivity index (χ1) is 13.7. The van der Waals surface area contributed by atoms with Gasteiger partial charge in [0.25, 0.3) is 0 Å². The Bertz CT molecular complexity index is 1010. The van der Waals surface area contributed by atoms with Crippen molar-refractivity contribution in [1.82, 2.24) is 19.9 Å². The fraction of sp³-hybridized carbons (Fsp3) is 0.409. The maximum Gasteiger partial charge on any atom is 0.147 e. The van der Waals surface area contributed by atoms with Gasteiger partial charge in [0.15, 0.2) is 0 Å². The van der Waals surface area contributed by atoms with E-state index in [0.717, 1.165) is 48.9 Å². The van der Waals surface area contributed by atoms with Gasteiger partial charge in [0.2, 0.25) is 0 Å². The molecule has 0 aliphatic carbocycles. The van der Waals surface area contributed by atoms with E-state index in [-0.39, 0.29) is 0 Å². The molecule has 5 rings (SSSR count). The van der Waals surface area contributed by atoms with Crippen LogP contribution in [0.3, 0.4) is 0 Å². The summed E-state index contributed by atoms with van der Waals surface area (Å²) < 4.78 is 0. The van der Waals surface area contributed by atoms with Crippen molar-refractivity contribution in [2.24, 2.45) is 5.92 Å². The van der Waals surface area contributed by atoms with Crippen molar-refractivity contribution in [3.8, 4) is 0 Å². The highest BCUT2D eigenvalue weighted by Crippen LogP contribution is 2.34. The molecule has 2 unspecified atom stereocenters. The predicted octanol–water partition coefficient (Wildman–Crippen LogP) is 4.09. The molecule has 0 spiro atoms. The number of likely N-dealkylation sites (tertiary alicyclic amines) is 1. The van der Waals surface area contributed by atoms with Gasteiger partial charge in [0.05, 0.1) is 22.9 Å². The third-order valence-electron chi connectivity index (χ3n) is 6.26.